The highest BCUT2D eigenvalue weighted by Crippen LogP contribution is 2.36. The number of likely N-dealkylation sites (tertiary alicyclic amines) is 1. The summed E-state index contributed by atoms with van der Waals surface area (Å²) < 4.78 is 21.7. The Balaban J connectivity index is 1.46. The average Bonchev–Trinajstić information content (AvgIpc) is 3.22. The van der Waals surface area contributed by atoms with E-state index in [0.29, 0.717) is 11.6 Å². The number of ether oxygens (including phenoxy) is 1. The molecule has 1 aliphatic rings. The van der Waals surface area contributed by atoms with Crippen molar-refractivity contribution < 1.29 is 9.13 Å². The van der Waals surface area contributed by atoms with Crippen LogP contribution in [0.2, 0.25) is 0 Å². The topological polar surface area (TPSA) is 82.1 Å². The van der Waals surface area contributed by atoms with Gasteiger partial charge in [-0.25, -0.2) is 19.0 Å². The van der Waals surface area contributed by atoms with Crippen LogP contribution in [-0.4, -0.2) is 43.3 Å². The van der Waals surface area contributed by atoms with Gasteiger partial charge in [0.1, 0.15) is 23.6 Å². The predicted molar refractivity (Wildman–Crippen MR) is 131 cm³/mol. The molecule has 3 heterocycles. The van der Waals surface area contributed by atoms with E-state index >= 15 is 0 Å². The van der Waals surface area contributed by atoms with Crippen LogP contribution in [0.15, 0.2) is 54.9 Å². The summed E-state index contributed by atoms with van der Waals surface area (Å²) in [5, 5.41) is 5.73. The Bertz CT molecular complexity index is 1300. The summed E-state index contributed by atoms with van der Waals surface area (Å²) in [5.41, 5.74) is 8.81. The van der Waals surface area contributed by atoms with Crippen molar-refractivity contribution in [2.45, 2.75) is 45.2 Å². The molecule has 0 radical (unpaired) electrons. The number of benzene rings is 2. The largest absolute Gasteiger partial charge is 0.454 e. The number of anilines is 1. The molecule has 0 spiro atoms. The predicted octanol–water partition coefficient (Wildman–Crippen LogP) is 5.44. The first-order valence-corrected chi connectivity index (χ1v) is 11.6. The first-order chi connectivity index (χ1) is 16.3. The van der Waals surface area contributed by atoms with Gasteiger partial charge in [-0.3, -0.25) is 4.90 Å². The quantitative estimate of drug-likeness (QED) is 0.437. The number of nitrogens with zero attached hydrogens (tertiary/aromatic N) is 5. The third kappa shape index (κ3) is 4.21. The first kappa shape index (κ1) is 22.3. The van der Waals surface area contributed by atoms with Gasteiger partial charge in [-0.2, -0.15) is 5.10 Å². The number of rotatable bonds is 4. The first-order valence-electron chi connectivity index (χ1n) is 11.6. The van der Waals surface area contributed by atoms with Crippen molar-refractivity contribution in [3.05, 3.63) is 60.7 Å². The zero-order chi connectivity index (χ0) is 23.9. The van der Waals surface area contributed by atoms with Gasteiger partial charge in [0.2, 0.25) is 0 Å². The monoisotopic (exact) mass is 460 g/mol. The summed E-state index contributed by atoms with van der Waals surface area (Å²) >= 11 is 0. The molecule has 5 rings (SSSR count). The number of piperidine rings is 1. The van der Waals surface area contributed by atoms with E-state index < -0.39 is 5.82 Å². The van der Waals surface area contributed by atoms with Crippen LogP contribution in [0.1, 0.15) is 39.7 Å². The molecule has 1 fully saturated rings. The maximum atomic E-state index is 13.9. The van der Waals surface area contributed by atoms with Gasteiger partial charge in [0.15, 0.2) is 17.2 Å². The number of aromatic nitrogens is 4. The molecule has 8 heteroatoms. The molecule has 1 aliphatic heterocycles. The second-order valence-corrected chi connectivity index (χ2v) is 9.70. The fraction of sp³-hybridized carbons (Fsp3) is 0.346. The van der Waals surface area contributed by atoms with E-state index in [1.165, 1.54) is 12.4 Å². The van der Waals surface area contributed by atoms with Gasteiger partial charge in [0.05, 0.1) is 11.4 Å². The van der Waals surface area contributed by atoms with E-state index in [2.05, 4.69) is 35.6 Å². The number of para-hydroxylation sites is 1. The fourth-order valence-electron chi connectivity index (χ4n) is 4.57. The molecule has 7 nitrogen and oxygen atoms in total. The molecule has 176 valence electrons. The number of hydrogen-bond donors (Lipinski definition) is 1. The van der Waals surface area contributed by atoms with E-state index in [0.717, 1.165) is 48.2 Å². The Labute approximate surface area is 198 Å². The summed E-state index contributed by atoms with van der Waals surface area (Å²) in [4.78, 5) is 11.3. The van der Waals surface area contributed by atoms with Crippen molar-refractivity contribution >= 4 is 16.9 Å². The molecule has 0 unspecified atom stereocenters. The molecule has 2 N–H and O–H groups in total. The van der Waals surface area contributed by atoms with Gasteiger partial charge >= 0.3 is 0 Å². The number of nitrogen functional groups attached to an aromatic ring is 1. The van der Waals surface area contributed by atoms with Crippen LogP contribution in [0.4, 0.5) is 10.2 Å². The van der Waals surface area contributed by atoms with E-state index in [9.17, 15) is 4.39 Å². The standard InChI is InChI=1S/C26H29FN6O/c1-26(2,3)32-14-12-18(13-15-32)33-25-22(24(28)29-16-30-25)23(31-33)17-8-10-19(11-9-17)34-21-7-5-4-6-20(21)27/h4-11,16,18H,12-15H2,1-3H3,(H2,28,29,30). The lowest BCUT2D eigenvalue weighted by Gasteiger charge is -2.40. The minimum absolute atomic E-state index is 0.154. The number of fused-ring (bicyclic) bond motifs is 1. The molecular weight excluding hydrogens is 431 g/mol. The van der Waals surface area contributed by atoms with Crippen LogP contribution >= 0.6 is 0 Å². The molecule has 1 saturated heterocycles. The van der Waals surface area contributed by atoms with Crippen LogP contribution in [0.5, 0.6) is 11.5 Å². The van der Waals surface area contributed by atoms with Gasteiger partial charge in [-0.05, 0) is 70.0 Å². The lowest BCUT2D eigenvalue weighted by atomic mass is 9.98. The zero-order valence-electron chi connectivity index (χ0n) is 19.7. The second kappa shape index (κ2) is 8.68. The normalized spacial score (nSPS) is 15.6. The maximum Gasteiger partial charge on any atom is 0.165 e. The minimum atomic E-state index is -0.404. The smallest absolute Gasteiger partial charge is 0.165 e. The molecule has 0 saturated carbocycles. The van der Waals surface area contributed by atoms with Crippen LogP contribution in [0.3, 0.4) is 0 Å². The lowest BCUT2D eigenvalue weighted by Crippen LogP contribution is -2.46. The molecule has 0 bridgehead atoms. The highest BCUT2D eigenvalue weighted by molar-refractivity contribution is 5.98. The fourth-order valence-corrected chi connectivity index (χ4v) is 4.57. The molecule has 4 aromatic rings. The third-order valence-corrected chi connectivity index (χ3v) is 6.47. The molecule has 2 aromatic carbocycles. The van der Waals surface area contributed by atoms with Crippen molar-refractivity contribution in [2.75, 3.05) is 18.8 Å². The zero-order valence-corrected chi connectivity index (χ0v) is 19.7. The van der Waals surface area contributed by atoms with Crippen LogP contribution in [0, 0.1) is 5.82 Å². The Morgan fingerprint density at radius 3 is 2.38 bits per heavy atom. The van der Waals surface area contributed by atoms with Crippen LogP contribution in [-0.2, 0) is 0 Å². The Hall–Kier alpha value is -3.52. The molecule has 34 heavy (non-hydrogen) atoms. The number of hydrogen-bond acceptors (Lipinski definition) is 6. The van der Waals surface area contributed by atoms with E-state index in [1.807, 2.05) is 16.8 Å². The third-order valence-electron chi connectivity index (χ3n) is 6.47. The van der Waals surface area contributed by atoms with Gasteiger partial charge < -0.3 is 10.5 Å². The molecule has 0 atom stereocenters. The molecular formula is C26H29FN6O. The summed E-state index contributed by atoms with van der Waals surface area (Å²) in [6, 6.07) is 14.0. The Kier molecular flexibility index (Phi) is 5.69. The van der Waals surface area contributed by atoms with Crippen molar-refractivity contribution in [1.82, 2.24) is 24.6 Å². The van der Waals surface area contributed by atoms with Gasteiger partial charge in [0, 0.05) is 24.2 Å². The highest BCUT2D eigenvalue weighted by Gasteiger charge is 2.30. The molecule has 2 aromatic heterocycles. The minimum Gasteiger partial charge on any atom is -0.454 e. The SMILES string of the molecule is CC(C)(C)N1CCC(n2nc(-c3ccc(Oc4ccccc4F)cc3)c3c(N)ncnc32)CC1. The molecule has 0 aliphatic carbocycles. The Morgan fingerprint density at radius 2 is 1.71 bits per heavy atom. The lowest BCUT2D eigenvalue weighted by molar-refractivity contribution is 0.0880. The maximum absolute atomic E-state index is 13.9. The summed E-state index contributed by atoms with van der Waals surface area (Å²) in [6.45, 7) is 8.77. The van der Waals surface area contributed by atoms with E-state index in [1.54, 1.807) is 30.3 Å². The van der Waals surface area contributed by atoms with Crippen LogP contribution < -0.4 is 10.5 Å². The summed E-state index contributed by atoms with van der Waals surface area (Å²) in [6.07, 6.45) is 3.48. The average molecular weight is 461 g/mol. The number of nitrogens with two attached hydrogens (primary N) is 1. The van der Waals surface area contributed by atoms with Crippen LogP contribution in [0.25, 0.3) is 22.3 Å². The molecule has 0 amide bonds. The van der Waals surface area contributed by atoms with Gasteiger partial charge in [-0.1, -0.05) is 12.1 Å². The highest BCUT2D eigenvalue weighted by atomic mass is 19.1. The Morgan fingerprint density at radius 1 is 1.00 bits per heavy atom. The van der Waals surface area contributed by atoms with Crippen molar-refractivity contribution in [2.24, 2.45) is 0 Å². The van der Waals surface area contributed by atoms with E-state index in [-0.39, 0.29) is 17.3 Å². The summed E-state index contributed by atoms with van der Waals surface area (Å²) in [7, 11) is 0. The van der Waals surface area contributed by atoms with Gasteiger partial charge in [-0.15, -0.1) is 0 Å². The van der Waals surface area contributed by atoms with Gasteiger partial charge in [0.25, 0.3) is 0 Å². The second-order valence-electron chi connectivity index (χ2n) is 9.70. The number of halogens is 1. The van der Waals surface area contributed by atoms with Crippen molar-refractivity contribution in [3.63, 3.8) is 0 Å². The van der Waals surface area contributed by atoms with Crippen molar-refractivity contribution in [3.8, 4) is 22.8 Å². The summed E-state index contributed by atoms with van der Waals surface area (Å²) in [5.74, 6) is 0.726. The van der Waals surface area contributed by atoms with E-state index in [4.69, 9.17) is 15.6 Å². The van der Waals surface area contributed by atoms with Crippen molar-refractivity contribution in [1.29, 1.82) is 0 Å².